The summed E-state index contributed by atoms with van der Waals surface area (Å²) in [6.07, 6.45) is 1.18. The number of aryl methyl sites for hydroxylation is 1. The Balaban J connectivity index is 0.00000280. The lowest BCUT2D eigenvalue weighted by atomic mass is 10.1. The molecule has 0 aliphatic carbocycles. The van der Waals surface area contributed by atoms with Crippen LogP contribution in [-0.4, -0.2) is 32.1 Å². The molecule has 1 atom stereocenters. The second-order valence-electron chi connectivity index (χ2n) is 7.10. The highest BCUT2D eigenvalue weighted by Crippen LogP contribution is 2.22. The second kappa shape index (κ2) is 11.2. The fourth-order valence-electron chi connectivity index (χ4n) is 3.43. The van der Waals surface area contributed by atoms with Gasteiger partial charge in [0.2, 0.25) is 0 Å². The molecule has 2 aromatic rings. The van der Waals surface area contributed by atoms with Gasteiger partial charge >= 0.3 is 0 Å². The first-order valence-electron chi connectivity index (χ1n) is 9.73. The average Bonchev–Trinajstić information content (AvgIpc) is 3.16. The van der Waals surface area contributed by atoms with E-state index in [0.717, 1.165) is 37.7 Å². The number of benzene rings is 2. The topological polar surface area (TPSA) is 39.7 Å². The van der Waals surface area contributed by atoms with Crippen LogP contribution in [0, 0.1) is 18.7 Å². The number of anilines is 1. The number of halogens is 2. The van der Waals surface area contributed by atoms with Crippen molar-refractivity contribution in [3.8, 4) is 0 Å². The predicted molar refractivity (Wildman–Crippen MR) is 126 cm³/mol. The minimum atomic E-state index is -0.169. The monoisotopic (exact) mass is 496 g/mol. The largest absolute Gasteiger partial charge is 0.371 e. The van der Waals surface area contributed by atoms with Gasteiger partial charge in [0.25, 0.3) is 0 Å². The average molecular weight is 496 g/mol. The molecule has 1 aliphatic heterocycles. The Morgan fingerprint density at radius 3 is 2.68 bits per heavy atom. The summed E-state index contributed by atoms with van der Waals surface area (Å²) in [7, 11) is 0. The van der Waals surface area contributed by atoms with E-state index in [4.69, 9.17) is 0 Å². The molecule has 0 radical (unpaired) electrons. The summed E-state index contributed by atoms with van der Waals surface area (Å²) in [4.78, 5) is 7.09. The van der Waals surface area contributed by atoms with Crippen LogP contribution in [0.5, 0.6) is 0 Å². The van der Waals surface area contributed by atoms with Crippen LogP contribution in [0.1, 0.15) is 24.5 Å². The molecule has 0 aromatic heterocycles. The van der Waals surface area contributed by atoms with Crippen LogP contribution in [0.15, 0.2) is 53.5 Å². The summed E-state index contributed by atoms with van der Waals surface area (Å²) < 4.78 is 13.4. The van der Waals surface area contributed by atoms with Crippen molar-refractivity contribution in [1.82, 2.24) is 10.6 Å². The Bertz CT molecular complexity index is 766. The van der Waals surface area contributed by atoms with Crippen molar-refractivity contribution in [1.29, 1.82) is 0 Å². The lowest BCUT2D eigenvalue weighted by molar-refractivity contribution is 0.566. The van der Waals surface area contributed by atoms with E-state index in [1.807, 2.05) is 6.07 Å². The third kappa shape index (κ3) is 6.36. The van der Waals surface area contributed by atoms with E-state index in [1.165, 1.54) is 18.2 Å². The van der Waals surface area contributed by atoms with E-state index in [0.29, 0.717) is 18.0 Å². The summed E-state index contributed by atoms with van der Waals surface area (Å²) in [5.74, 6) is 1.25. The van der Waals surface area contributed by atoms with Crippen LogP contribution >= 0.6 is 24.0 Å². The minimum Gasteiger partial charge on any atom is -0.371 e. The van der Waals surface area contributed by atoms with Crippen LogP contribution in [0.3, 0.4) is 0 Å². The van der Waals surface area contributed by atoms with E-state index in [9.17, 15) is 4.39 Å². The zero-order chi connectivity index (χ0) is 19.1. The molecule has 1 heterocycles. The normalized spacial score (nSPS) is 16.6. The van der Waals surface area contributed by atoms with E-state index >= 15 is 0 Å². The van der Waals surface area contributed by atoms with Gasteiger partial charge in [-0.2, -0.15) is 0 Å². The number of nitrogens with zero attached hydrogens (tertiary/aromatic N) is 2. The van der Waals surface area contributed by atoms with Crippen molar-refractivity contribution in [3.63, 3.8) is 0 Å². The molecule has 0 spiro atoms. The van der Waals surface area contributed by atoms with Crippen molar-refractivity contribution in [2.45, 2.75) is 26.8 Å². The van der Waals surface area contributed by atoms with Crippen molar-refractivity contribution < 1.29 is 4.39 Å². The zero-order valence-electron chi connectivity index (χ0n) is 16.6. The highest BCUT2D eigenvalue weighted by molar-refractivity contribution is 14.0. The molecule has 0 bridgehead atoms. The van der Waals surface area contributed by atoms with Gasteiger partial charge in [-0.15, -0.1) is 24.0 Å². The van der Waals surface area contributed by atoms with Crippen LogP contribution in [-0.2, 0) is 6.54 Å². The van der Waals surface area contributed by atoms with Gasteiger partial charge in [-0.25, -0.2) is 9.38 Å². The highest BCUT2D eigenvalue weighted by Gasteiger charge is 2.22. The van der Waals surface area contributed by atoms with E-state index < -0.39 is 0 Å². The number of nitrogens with one attached hydrogen (secondary N) is 2. The number of hydrogen-bond acceptors (Lipinski definition) is 2. The van der Waals surface area contributed by atoms with E-state index in [-0.39, 0.29) is 29.8 Å². The van der Waals surface area contributed by atoms with Crippen LogP contribution in [0.4, 0.5) is 10.1 Å². The summed E-state index contributed by atoms with van der Waals surface area (Å²) in [6.45, 7) is 8.26. The molecular weight excluding hydrogens is 466 g/mol. The molecular formula is C22H30FIN4. The van der Waals surface area contributed by atoms with Crippen molar-refractivity contribution in [2.75, 3.05) is 31.1 Å². The minimum absolute atomic E-state index is 0. The maximum Gasteiger partial charge on any atom is 0.191 e. The van der Waals surface area contributed by atoms with Crippen molar-refractivity contribution in [3.05, 3.63) is 65.5 Å². The molecule has 0 saturated carbocycles. The van der Waals surface area contributed by atoms with E-state index in [1.54, 1.807) is 13.0 Å². The van der Waals surface area contributed by atoms with Gasteiger partial charge in [-0.3, -0.25) is 0 Å². The number of rotatable bonds is 6. The van der Waals surface area contributed by atoms with Gasteiger partial charge in [0.1, 0.15) is 5.82 Å². The Morgan fingerprint density at radius 2 is 1.96 bits per heavy atom. The molecule has 28 heavy (non-hydrogen) atoms. The first-order valence-corrected chi connectivity index (χ1v) is 9.73. The maximum absolute atomic E-state index is 13.4. The van der Waals surface area contributed by atoms with E-state index in [2.05, 4.69) is 57.8 Å². The molecule has 1 unspecified atom stereocenters. The van der Waals surface area contributed by atoms with Gasteiger partial charge in [0, 0.05) is 31.9 Å². The first-order chi connectivity index (χ1) is 13.2. The lowest BCUT2D eigenvalue weighted by Gasteiger charge is -2.19. The van der Waals surface area contributed by atoms with Gasteiger partial charge in [-0.1, -0.05) is 30.3 Å². The number of aliphatic imine (C=N–C) groups is 1. The summed E-state index contributed by atoms with van der Waals surface area (Å²) in [5, 5.41) is 6.77. The van der Waals surface area contributed by atoms with Crippen molar-refractivity contribution in [2.24, 2.45) is 10.9 Å². The molecule has 2 N–H and O–H groups in total. The zero-order valence-corrected chi connectivity index (χ0v) is 18.9. The Hall–Kier alpha value is -1.83. The molecule has 3 rings (SSSR count). The van der Waals surface area contributed by atoms with Gasteiger partial charge in [0.15, 0.2) is 5.96 Å². The summed E-state index contributed by atoms with van der Waals surface area (Å²) in [5.41, 5.74) is 2.97. The third-order valence-corrected chi connectivity index (χ3v) is 4.95. The van der Waals surface area contributed by atoms with Crippen LogP contribution in [0.25, 0.3) is 0 Å². The predicted octanol–water partition coefficient (Wildman–Crippen LogP) is 4.33. The summed E-state index contributed by atoms with van der Waals surface area (Å²) >= 11 is 0. The fraction of sp³-hybridized carbons (Fsp3) is 0.409. The Kier molecular flexibility index (Phi) is 9.02. The Morgan fingerprint density at radius 1 is 1.18 bits per heavy atom. The summed E-state index contributed by atoms with van der Waals surface area (Å²) in [6, 6.07) is 15.7. The fourth-order valence-corrected chi connectivity index (χ4v) is 3.43. The number of guanidine groups is 1. The first kappa shape index (κ1) is 22.5. The van der Waals surface area contributed by atoms with Gasteiger partial charge in [0.05, 0.1) is 6.54 Å². The molecule has 1 fully saturated rings. The SMILES string of the molecule is CCNC(=NCc1ccc(F)c(C)c1)NCC1CCN(c2ccccc2)C1.I. The number of para-hydroxylation sites is 1. The second-order valence-corrected chi connectivity index (χ2v) is 7.10. The number of hydrogen-bond donors (Lipinski definition) is 2. The maximum atomic E-state index is 13.4. The molecule has 4 nitrogen and oxygen atoms in total. The quantitative estimate of drug-likeness (QED) is 0.355. The standard InChI is InChI=1S/C22H29FN4.HI/c1-3-24-22(25-14-18-9-10-21(23)17(2)13-18)26-15-19-11-12-27(16-19)20-7-5-4-6-8-20;/h4-10,13,19H,3,11-12,14-16H2,1-2H3,(H2,24,25,26);1H. The van der Waals surface area contributed by atoms with Gasteiger partial charge < -0.3 is 15.5 Å². The molecule has 6 heteroatoms. The smallest absolute Gasteiger partial charge is 0.191 e. The molecule has 1 aliphatic rings. The Labute approximate surface area is 184 Å². The van der Waals surface area contributed by atoms with Crippen LogP contribution in [0.2, 0.25) is 0 Å². The van der Waals surface area contributed by atoms with Crippen LogP contribution < -0.4 is 15.5 Å². The lowest BCUT2D eigenvalue weighted by Crippen LogP contribution is -2.40. The molecule has 0 amide bonds. The molecule has 2 aromatic carbocycles. The highest BCUT2D eigenvalue weighted by atomic mass is 127. The molecule has 152 valence electrons. The molecule has 1 saturated heterocycles. The van der Waals surface area contributed by atoms with Crippen molar-refractivity contribution >= 4 is 35.6 Å². The third-order valence-electron chi connectivity index (χ3n) is 4.95. The van der Waals surface area contributed by atoms with Gasteiger partial charge in [-0.05, 0) is 55.5 Å².